The Morgan fingerprint density at radius 2 is 1.96 bits per heavy atom. The van der Waals surface area contributed by atoms with Crippen molar-refractivity contribution in [3.05, 3.63) is 42.0 Å². The number of nitrogens with one attached hydrogen (secondary N) is 2. The molecule has 0 bridgehead atoms. The maximum Gasteiger partial charge on any atom is 0.251 e. The topological polar surface area (TPSA) is 98.1 Å². The Morgan fingerprint density at radius 3 is 2.57 bits per heavy atom. The molecule has 1 fully saturated rings. The van der Waals surface area contributed by atoms with E-state index >= 15 is 0 Å². The van der Waals surface area contributed by atoms with Crippen LogP contribution in [0.5, 0.6) is 5.75 Å². The highest BCUT2D eigenvalue weighted by atomic mass is 16.5. The molecular weight excluding hydrogens is 358 g/mol. The van der Waals surface area contributed by atoms with Crippen LogP contribution < -0.4 is 15.4 Å². The second-order valence-corrected chi connectivity index (χ2v) is 7.37. The van der Waals surface area contributed by atoms with Crippen molar-refractivity contribution in [3.63, 3.8) is 0 Å². The third kappa shape index (κ3) is 4.88. The van der Waals surface area contributed by atoms with Gasteiger partial charge >= 0.3 is 0 Å². The molecule has 0 saturated heterocycles. The molecule has 1 unspecified atom stereocenters. The highest BCUT2D eigenvalue weighted by Gasteiger charge is 2.29. The van der Waals surface area contributed by atoms with Crippen LogP contribution in [0.25, 0.3) is 0 Å². The monoisotopic (exact) mass is 385 g/mol. The zero-order chi connectivity index (χ0) is 20.1. The molecule has 1 aliphatic rings. The van der Waals surface area contributed by atoms with Crippen LogP contribution in [-0.4, -0.2) is 46.3 Å². The van der Waals surface area contributed by atoms with Crippen LogP contribution in [0.15, 0.2) is 30.6 Å². The van der Waals surface area contributed by atoms with Gasteiger partial charge in [-0.25, -0.2) is 0 Å². The standard InChI is InChI=1S/C20H27N5O3/c1-13(2)17(23-19(26)15-6-8-16(28-3)9-7-15)20(27)21-10-11-25-12-22-24-18(25)14-4-5-14/h6-9,12-14,17H,4-5,10-11H2,1-3H3,(H,21,27)(H,23,26). The molecule has 2 N–H and O–H groups in total. The van der Waals surface area contributed by atoms with Crippen molar-refractivity contribution < 1.29 is 14.3 Å². The second kappa shape index (κ2) is 8.86. The second-order valence-electron chi connectivity index (χ2n) is 7.37. The summed E-state index contributed by atoms with van der Waals surface area (Å²) < 4.78 is 7.09. The van der Waals surface area contributed by atoms with Crippen molar-refractivity contribution in [1.82, 2.24) is 25.4 Å². The molecule has 28 heavy (non-hydrogen) atoms. The molecule has 0 radical (unpaired) electrons. The molecule has 2 aromatic rings. The summed E-state index contributed by atoms with van der Waals surface area (Å²) in [5, 5.41) is 13.9. The van der Waals surface area contributed by atoms with E-state index in [0.29, 0.717) is 30.3 Å². The number of amides is 2. The van der Waals surface area contributed by atoms with Gasteiger partial charge in [-0.15, -0.1) is 10.2 Å². The molecule has 8 heteroatoms. The van der Waals surface area contributed by atoms with Crippen molar-refractivity contribution >= 4 is 11.8 Å². The first-order valence-electron chi connectivity index (χ1n) is 9.60. The van der Waals surface area contributed by atoms with Gasteiger partial charge in [0, 0.05) is 24.6 Å². The predicted octanol–water partition coefficient (Wildman–Crippen LogP) is 1.73. The predicted molar refractivity (Wildman–Crippen MR) is 104 cm³/mol. The largest absolute Gasteiger partial charge is 0.497 e. The number of methoxy groups -OCH3 is 1. The molecule has 3 rings (SSSR count). The maximum atomic E-state index is 12.6. The van der Waals surface area contributed by atoms with Gasteiger partial charge in [0.1, 0.15) is 23.9 Å². The minimum atomic E-state index is -0.613. The van der Waals surface area contributed by atoms with Crippen molar-refractivity contribution in [1.29, 1.82) is 0 Å². The van der Waals surface area contributed by atoms with Crippen molar-refractivity contribution in [2.24, 2.45) is 5.92 Å². The normalized spacial score (nSPS) is 14.6. The molecule has 0 aliphatic heterocycles. The van der Waals surface area contributed by atoms with Crippen LogP contribution in [0, 0.1) is 5.92 Å². The van der Waals surface area contributed by atoms with E-state index in [9.17, 15) is 9.59 Å². The summed E-state index contributed by atoms with van der Waals surface area (Å²) in [6, 6.07) is 6.17. The van der Waals surface area contributed by atoms with Gasteiger partial charge in [0.2, 0.25) is 5.91 Å². The van der Waals surface area contributed by atoms with E-state index in [1.165, 1.54) is 0 Å². The number of hydrogen-bond donors (Lipinski definition) is 2. The molecule has 150 valence electrons. The van der Waals surface area contributed by atoms with Gasteiger partial charge in [0.25, 0.3) is 5.91 Å². The number of ether oxygens (including phenoxy) is 1. The molecule has 2 amide bonds. The van der Waals surface area contributed by atoms with Gasteiger partial charge in [-0.2, -0.15) is 0 Å². The first kappa shape index (κ1) is 19.9. The Morgan fingerprint density at radius 1 is 1.25 bits per heavy atom. The van der Waals surface area contributed by atoms with E-state index < -0.39 is 6.04 Å². The van der Waals surface area contributed by atoms with Crippen molar-refractivity contribution in [3.8, 4) is 5.75 Å². The Labute approximate surface area is 164 Å². The molecule has 8 nitrogen and oxygen atoms in total. The van der Waals surface area contributed by atoms with Gasteiger partial charge in [-0.05, 0) is 43.0 Å². The summed E-state index contributed by atoms with van der Waals surface area (Å²) in [6.45, 7) is 4.88. The molecule has 1 heterocycles. The number of carbonyl (C=O) groups excluding carboxylic acids is 2. The lowest BCUT2D eigenvalue weighted by Gasteiger charge is -2.22. The van der Waals surface area contributed by atoms with E-state index in [0.717, 1.165) is 18.7 Å². The third-order valence-corrected chi connectivity index (χ3v) is 4.83. The summed E-state index contributed by atoms with van der Waals surface area (Å²) >= 11 is 0. The fraction of sp³-hybridized carbons (Fsp3) is 0.500. The molecular formula is C20H27N5O3. The molecule has 1 saturated carbocycles. The zero-order valence-corrected chi connectivity index (χ0v) is 16.5. The number of benzene rings is 1. The van der Waals surface area contributed by atoms with Gasteiger partial charge in [-0.3, -0.25) is 9.59 Å². The van der Waals surface area contributed by atoms with Crippen LogP contribution in [0.2, 0.25) is 0 Å². The van der Waals surface area contributed by atoms with Crippen molar-refractivity contribution in [2.75, 3.05) is 13.7 Å². The van der Waals surface area contributed by atoms with Crippen LogP contribution >= 0.6 is 0 Å². The number of hydrogen-bond acceptors (Lipinski definition) is 5. The Kier molecular flexibility index (Phi) is 6.28. The van der Waals surface area contributed by atoms with Crippen LogP contribution in [0.3, 0.4) is 0 Å². The molecule has 1 aliphatic carbocycles. The molecule has 1 aromatic carbocycles. The first-order valence-corrected chi connectivity index (χ1v) is 9.60. The minimum Gasteiger partial charge on any atom is -0.497 e. The minimum absolute atomic E-state index is 0.0425. The number of carbonyl (C=O) groups is 2. The van der Waals surface area contributed by atoms with E-state index in [2.05, 4.69) is 20.8 Å². The highest BCUT2D eigenvalue weighted by Crippen LogP contribution is 2.38. The zero-order valence-electron chi connectivity index (χ0n) is 16.5. The smallest absolute Gasteiger partial charge is 0.251 e. The van der Waals surface area contributed by atoms with Crippen LogP contribution in [-0.2, 0) is 11.3 Å². The summed E-state index contributed by atoms with van der Waals surface area (Å²) in [5.74, 6) is 1.64. The van der Waals surface area contributed by atoms with E-state index in [-0.39, 0.29) is 17.7 Å². The van der Waals surface area contributed by atoms with Gasteiger partial charge < -0.3 is 19.9 Å². The van der Waals surface area contributed by atoms with E-state index in [4.69, 9.17) is 4.74 Å². The van der Waals surface area contributed by atoms with Crippen LogP contribution in [0.1, 0.15) is 48.8 Å². The van der Waals surface area contributed by atoms with E-state index in [1.54, 1.807) is 37.7 Å². The summed E-state index contributed by atoms with van der Waals surface area (Å²) in [6.07, 6.45) is 4.00. The quantitative estimate of drug-likeness (QED) is 0.685. The third-order valence-electron chi connectivity index (χ3n) is 4.83. The van der Waals surface area contributed by atoms with Crippen LogP contribution in [0.4, 0.5) is 0 Å². The van der Waals surface area contributed by atoms with Gasteiger partial charge in [0.15, 0.2) is 0 Å². The Hall–Kier alpha value is -2.90. The lowest BCUT2D eigenvalue weighted by Crippen LogP contribution is -2.50. The summed E-state index contributed by atoms with van der Waals surface area (Å²) in [4.78, 5) is 25.1. The fourth-order valence-electron chi connectivity index (χ4n) is 3.01. The number of rotatable bonds is 9. The Bertz CT molecular complexity index is 812. The maximum absolute atomic E-state index is 12.6. The average Bonchev–Trinajstić information content (AvgIpc) is 3.44. The first-order chi connectivity index (χ1) is 13.5. The fourth-order valence-corrected chi connectivity index (χ4v) is 3.01. The average molecular weight is 385 g/mol. The van der Waals surface area contributed by atoms with Crippen molar-refractivity contribution in [2.45, 2.75) is 45.2 Å². The summed E-state index contributed by atoms with van der Waals surface area (Å²) in [5.41, 5.74) is 0.484. The lowest BCUT2D eigenvalue weighted by molar-refractivity contribution is -0.123. The van der Waals surface area contributed by atoms with E-state index in [1.807, 2.05) is 18.4 Å². The summed E-state index contributed by atoms with van der Waals surface area (Å²) in [7, 11) is 1.57. The molecule has 1 atom stereocenters. The van der Waals surface area contributed by atoms with Gasteiger partial charge in [-0.1, -0.05) is 13.8 Å². The molecule has 1 aromatic heterocycles. The highest BCUT2D eigenvalue weighted by molar-refractivity contribution is 5.97. The Balaban J connectivity index is 1.54. The SMILES string of the molecule is COc1ccc(C(=O)NC(C(=O)NCCn2cnnc2C2CC2)C(C)C)cc1. The number of nitrogens with zero attached hydrogens (tertiary/aromatic N) is 3. The number of aromatic nitrogens is 3. The van der Waals surface area contributed by atoms with Gasteiger partial charge in [0.05, 0.1) is 7.11 Å². The molecule has 0 spiro atoms. The lowest BCUT2D eigenvalue weighted by atomic mass is 10.0.